The number of aromatic nitrogens is 2. The first-order chi connectivity index (χ1) is 8.66. The third kappa shape index (κ3) is 3.18. The van der Waals surface area contributed by atoms with Crippen LogP contribution in [0.25, 0.3) is 0 Å². The van der Waals surface area contributed by atoms with Crippen molar-refractivity contribution in [2.45, 2.75) is 32.1 Å². The van der Waals surface area contributed by atoms with E-state index in [1.165, 1.54) is 6.42 Å². The lowest BCUT2D eigenvalue weighted by molar-refractivity contribution is -0.120. The maximum atomic E-state index is 12.0. The number of carbonyl (C=O) groups is 1. The van der Waals surface area contributed by atoms with Gasteiger partial charge in [0, 0.05) is 20.0 Å². The molecule has 18 heavy (non-hydrogen) atoms. The van der Waals surface area contributed by atoms with Gasteiger partial charge >= 0.3 is 0 Å². The molecule has 0 aromatic carbocycles. The molecule has 0 spiro atoms. The first-order valence-electron chi connectivity index (χ1n) is 6.47. The van der Waals surface area contributed by atoms with Gasteiger partial charge in [-0.3, -0.25) is 4.79 Å². The molecular weight excluding hydrogens is 228 g/mol. The highest BCUT2D eigenvalue weighted by atomic mass is 16.1. The summed E-state index contributed by atoms with van der Waals surface area (Å²) in [6.45, 7) is 0. The fraction of sp³-hybridized carbons (Fsp3) is 0.615. The van der Waals surface area contributed by atoms with E-state index in [1.54, 1.807) is 12.4 Å². The van der Waals surface area contributed by atoms with E-state index in [2.05, 4.69) is 15.3 Å². The van der Waals surface area contributed by atoms with Crippen LogP contribution in [0.5, 0.6) is 0 Å². The summed E-state index contributed by atoms with van der Waals surface area (Å²) in [7, 11) is 3.77. The predicted octanol–water partition coefficient (Wildman–Crippen LogP) is 2.06. The lowest BCUT2D eigenvalue weighted by atomic mass is 9.89. The van der Waals surface area contributed by atoms with E-state index in [9.17, 15) is 4.79 Å². The van der Waals surface area contributed by atoms with E-state index >= 15 is 0 Å². The van der Waals surface area contributed by atoms with Gasteiger partial charge in [0.2, 0.25) is 11.9 Å². The molecule has 0 saturated heterocycles. The Balaban J connectivity index is 1.94. The van der Waals surface area contributed by atoms with Gasteiger partial charge in [0.05, 0.1) is 18.1 Å². The quantitative estimate of drug-likeness (QED) is 0.889. The van der Waals surface area contributed by atoms with Gasteiger partial charge < -0.3 is 10.2 Å². The maximum Gasteiger partial charge on any atom is 0.227 e. The molecule has 0 bridgehead atoms. The van der Waals surface area contributed by atoms with Crippen molar-refractivity contribution in [2.75, 3.05) is 24.3 Å². The monoisotopic (exact) mass is 248 g/mol. The molecule has 2 rings (SSSR count). The summed E-state index contributed by atoms with van der Waals surface area (Å²) >= 11 is 0. The Labute approximate surface area is 108 Å². The van der Waals surface area contributed by atoms with Crippen LogP contribution >= 0.6 is 0 Å². The van der Waals surface area contributed by atoms with Gasteiger partial charge in [0.25, 0.3) is 0 Å². The Kier molecular flexibility index (Phi) is 4.12. The van der Waals surface area contributed by atoms with Crippen molar-refractivity contribution in [1.82, 2.24) is 9.97 Å². The second kappa shape index (κ2) is 5.80. The first-order valence-corrected chi connectivity index (χ1v) is 6.47. The Bertz CT molecular complexity index is 396. The van der Waals surface area contributed by atoms with Crippen LogP contribution in [0.1, 0.15) is 32.1 Å². The standard InChI is InChI=1S/C13H20N4O/c1-17(2)13-14-8-11(9-15-13)16-12(18)10-6-4-3-5-7-10/h8-10H,3-7H2,1-2H3,(H,16,18). The lowest BCUT2D eigenvalue weighted by Crippen LogP contribution is -2.25. The summed E-state index contributed by atoms with van der Waals surface area (Å²) in [6.07, 6.45) is 8.89. The minimum Gasteiger partial charge on any atom is -0.347 e. The smallest absolute Gasteiger partial charge is 0.227 e. The molecule has 1 aliphatic carbocycles. The van der Waals surface area contributed by atoms with Crippen molar-refractivity contribution in [2.24, 2.45) is 5.92 Å². The molecule has 1 aliphatic rings. The normalized spacial score (nSPS) is 16.3. The van der Waals surface area contributed by atoms with Gasteiger partial charge in [0.15, 0.2) is 0 Å². The molecule has 0 aliphatic heterocycles. The summed E-state index contributed by atoms with van der Waals surface area (Å²) < 4.78 is 0. The van der Waals surface area contributed by atoms with E-state index in [0.29, 0.717) is 11.6 Å². The number of amides is 1. The van der Waals surface area contributed by atoms with E-state index in [-0.39, 0.29) is 11.8 Å². The highest BCUT2D eigenvalue weighted by molar-refractivity contribution is 5.92. The average Bonchev–Trinajstić information content (AvgIpc) is 2.40. The zero-order chi connectivity index (χ0) is 13.0. The van der Waals surface area contributed by atoms with Gasteiger partial charge in [-0.25, -0.2) is 9.97 Å². The molecule has 0 radical (unpaired) electrons. The molecule has 1 N–H and O–H groups in total. The average molecular weight is 248 g/mol. The van der Waals surface area contributed by atoms with E-state index in [0.717, 1.165) is 25.7 Å². The SMILES string of the molecule is CN(C)c1ncc(NC(=O)C2CCCCC2)cn1. The van der Waals surface area contributed by atoms with Gasteiger partial charge in [-0.1, -0.05) is 19.3 Å². The topological polar surface area (TPSA) is 58.1 Å². The van der Waals surface area contributed by atoms with Crippen LogP contribution in [0.2, 0.25) is 0 Å². The second-order valence-electron chi connectivity index (χ2n) is 4.99. The summed E-state index contributed by atoms with van der Waals surface area (Å²) in [5.41, 5.74) is 0.677. The lowest BCUT2D eigenvalue weighted by Gasteiger charge is -2.20. The molecule has 1 saturated carbocycles. The van der Waals surface area contributed by atoms with Gasteiger partial charge in [0.1, 0.15) is 0 Å². The highest BCUT2D eigenvalue weighted by Gasteiger charge is 2.21. The number of nitrogens with zero attached hydrogens (tertiary/aromatic N) is 3. The van der Waals surface area contributed by atoms with Crippen LogP contribution in [0.3, 0.4) is 0 Å². The molecule has 1 aromatic heterocycles. The summed E-state index contributed by atoms with van der Waals surface area (Å²) in [5, 5.41) is 2.90. The minimum absolute atomic E-state index is 0.107. The van der Waals surface area contributed by atoms with Crippen LogP contribution < -0.4 is 10.2 Å². The van der Waals surface area contributed by atoms with Crippen LogP contribution in [-0.2, 0) is 4.79 Å². The van der Waals surface area contributed by atoms with Crippen molar-refractivity contribution in [1.29, 1.82) is 0 Å². The minimum atomic E-state index is 0.107. The number of nitrogens with one attached hydrogen (secondary N) is 1. The maximum absolute atomic E-state index is 12.0. The second-order valence-corrected chi connectivity index (χ2v) is 4.99. The van der Waals surface area contributed by atoms with Gasteiger partial charge in [-0.05, 0) is 12.8 Å². The Hall–Kier alpha value is -1.65. The van der Waals surface area contributed by atoms with Crippen molar-refractivity contribution in [3.05, 3.63) is 12.4 Å². The number of hydrogen-bond acceptors (Lipinski definition) is 4. The third-order valence-corrected chi connectivity index (χ3v) is 3.28. The van der Waals surface area contributed by atoms with Crippen molar-refractivity contribution in [3.8, 4) is 0 Å². The first kappa shape index (κ1) is 12.8. The van der Waals surface area contributed by atoms with Crippen LogP contribution in [0.15, 0.2) is 12.4 Å². The van der Waals surface area contributed by atoms with E-state index in [1.807, 2.05) is 19.0 Å². The van der Waals surface area contributed by atoms with Gasteiger partial charge in [-0.2, -0.15) is 0 Å². The third-order valence-electron chi connectivity index (χ3n) is 3.28. The van der Waals surface area contributed by atoms with Crippen LogP contribution in [-0.4, -0.2) is 30.0 Å². The number of hydrogen-bond donors (Lipinski definition) is 1. The summed E-state index contributed by atoms with van der Waals surface area (Å²) in [6, 6.07) is 0. The largest absolute Gasteiger partial charge is 0.347 e. The van der Waals surface area contributed by atoms with Crippen molar-refractivity contribution in [3.63, 3.8) is 0 Å². The van der Waals surface area contributed by atoms with Crippen molar-refractivity contribution >= 4 is 17.5 Å². The number of carbonyl (C=O) groups excluding carboxylic acids is 1. The molecular formula is C13H20N4O. The predicted molar refractivity (Wildman–Crippen MR) is 71.6 cm³/mol. The molecule has 0 atom stereocenters. The Morgan fingerprint density at radius 3 is 2.39 bits per heavy atom. The fourth-order valence-corrected chi connectivity index (χ4v) is 2.23. The molecule has 1 fully saturated rings. The van der Waals surface area contributed by atoms with Crippen LogP contribution in [0, 0.1) is 5.92 Å². The molecule has 1 amide bonds. The molecule has 1 aromatic rings. The van der Waals surface area contributed by atoms with Crippen molar-refractivity contribution < 1.29 is 4.79 Å². The molecule has 0 unspecified atom stereocenters. The Morgan fingerprint density at radius 1 is 1.22 bits per heavy atom. The zero-order valence-corrected chi connectivity index (χ0v) is 11.0. The highest BCUT2D eigenvalue weighted by Crippen LogP contribution is 2.24. The van der Waals surface area contributed by atoms with Crippen LogP contribution in [0.4, 0.5) is 11.6 Å². The molecule has 98 valence electrons. The van der Waals surface area contributed by atoms with E-state index < -0.39 is 0 Å². The number of anilines is 2. The zero-order valence-electron chi connectivity index (χ0n) is 11.0. The molecule has 5 heteroatoms. The molecule has 5 nitrogen and oxygen atoms in total. The van der Waals surface area contributed by atoms with E-state index in [4.69, 9.17) is 0 Å². The number of rotatable bonds is 3. The Morgan fingerprint density at radius 2 is 1.83 bits per heavy atom. The molecule has 1 heterocycles. The summed E-state index contributed by atoms with van der Waals surface area (Å²) in [5.74, 6) is 0.911. The van der Waals surface area contributed by atoms with Gasteiger partial charge in [-0.15, -0.1) is 0 Å². The fourth-order valence-electron chi connectivity index (χ4n) is 2.23. The summed E-state index contributed by atoms with van der Waals surface area (Å²) in [4.78, 5) is 22.2.